The molecule has 0 radical (unpaired) electrons. The largest absolute Gasteiger partial charge is 0.372 e. The molecule has 2 saturated heterocycles. The Labute approximate surface area is 237 Å². The van der Waals surface area contributed by atoms with Gasteiger partial charge < -0.3 is 14.5 Å². The van der Waals surface area contributed by atoms with Gasteiger partial charge in [0.15, 0.2) is 0 Å². The van der Waals surface area contributed by atoms with E-state index in [1.165, 1.54) is 12.1 Å². The van der Waals surface area contributed by atoms with Crippen LogP contribution in [0.15, 0.2) is 29.8 Å². The average molecular weight is 558 g/mol. The molecule has 40 heavy (non-hydrogen) atoms. The Morgan fingerprint density at radius 2 is 1.75 bits per heavy atom. The summed E-state index contributed by atoms with van der Waals surface area (Å²) >= 11 is 0. The number of rotatable bonds is 5. The molecule has 0 unspecified atom stereocenters. The van der Waals surface area contributed by atoms with E-state index in [4.69, 9.17) is 4.74 Å². The molecule has 5 rings (SSSR count). The number of halogens is 2. The van der Waals surface area contributed by atoms with Crippen molar-refractivity contribution in [2.24, 2.45) is 11.3 Å². The van der Waals surface area contributed by atoms with Crippen molar-refractivity contribution in [1.82, 2.24) is 14.7 Å². The molecule has 1 aromatic rings. The highest BCUT2D eigenvalue weighted by Crippen LogP contribution is 2.41. The number of hydrogen-bond acceptors (Lipinski definition) is 4. The van der Waals surface area contributed by atoms with Crippen LogP contribution in [0, 0.1) is 23.0 Å². The topological polar surface area (TPSA) is 53.1 Å². The second-order valence-corrected chi connectivity index (χ2v) is 14.0. The van der Waals surface area contributed by atoms with Crippen molar-refractivity contribution in [3.63, 3.8) is 0 Å². The maximum atomic E-state index is 15.0. The minimum Gasteiger partial charge on any atom is -0.372 e. The lowest BCUT2D eigenvalue weighted by Gasteiger charge is -2.43. The number of ether oxygens (including phenoxy) is 1. The van der Waals surface area contributed by atoms with E-state index in [-0.39, 0.29) is 40.8 Å². The van der Waals surface area contributed by atoms with Crippen LogP contribution in [0.5, 0.6) is 0 Å². The minimum atomic E-state index is -0.615. The number of amides is 2. The van der Waals surface area contributed by atoms with Crippen molar-refractivity contribution >= 4 is 11.8 Å². The van der Waals surface area contributed by atoms with Crippen molar-refractivity contribution in [3.05, 3.63) is 47.0 Å². The summed E-state index contributed by atoms with van der Waals surface area (Å²) in [5, 5.41) is 0. The molecule has 6 nitrogen and oxygen atoms in total. The third kappa shape index (κ3) is 5.98. The molecule has 8 heteroatoms. The summed E-state index contributed by atoms with van der Waals surface area (Å²) in [6, 6.07) is 3.80. The van der Waals surface area contributed by atoms with Crippen LogP contribution in [0.1, 0.15) is 78.2 Å². The molecule has 0 bridgehead atoms. The van der Waals surface area contributed by atoms with Crippen LogP contribution < -0.4 is 0 Å². The molecular formula is C32H45F2N3O3. The van der Waals surface area contributed by atoms with Crippen molar-refractivity contribution in [3.8, 4) is 0 Å². The Morgan fingerprint density at radius 1 is 1.02 bits per heavy atom. The molecule has 3 atom stereocenters. The lowest BCUT2D eigenvalue weighted by atomic mass is 9.75. The number of carbonyl (C=O) groups is 2. The highest BCUT2D eigenvalue weighted by Gasteiger charge is 2.47. The highest BCUT2D eigenvalue weighted by molar-refractivity contribution is 5.94. The number of benzene rings is 1. The summed E-state index contributed by atoms with van der Waals surface area (Å²) in [7, 11) is 0. The van der Waals surface area contributed by atoms with Gasteiger partial charge in [0, 0.05) is 55.3 Å². The van der Waals surface area contributed by atoms with Gasteiger partial charge in [0.05, 0.1) is 25.2 Å². The first-order valence-electron chi connectivity index (χ1n) is 14.9. The Bertz CT molecular complexity index is 1150. The first-order chi connectivity index (χ1) is 18.8. The van der Waals surface area contributed by atoms with Crippen LogP contribution in [0.2, 0.25) is 0 Å². The first-order valence-corrected chi connectivity index (χ1v) is 14.9. The van der Waals surface area contributed by atoms with Gasteiger partial charge in [-0.25, -0.2) is 8.78 Å². The van der Waals surface area contributed by atoms with E-state index in [1.807, 2.05) is 11.0 Å². The number of hydrogen-bond donors (Lipinski definition) is 0. The van der Waals surface area contributed by atoms with Crippen molar-refractivity contribution < 1.29 is 23.1 Å². The van der Waals surface area contributed by atoms with Crippen LogP contribution in [-0.4, -0.2) is 83.5 Å². The van der Waals surface area contributed by atoms with Crippen molar-refractivity contribution in [1.29, 1.82) is 0 Å². The zero-order chi connectivity index (χ0) is 28.8. The van der Waals surface area contributed by atoms with Gasteiger partial charge in [-0.05, 0) is 76.0 Å². The van der Waals surface area contributed by atoms with E-state index in [0.29, 0.717) is 45.0 Å². The van der Waals surface area contributed by atoms with Crippen LogP contribution in [0.3, 0.4) is 0 Å². The van der Waals surface area contributed by atoms with Gasteiger partial charge >= 0.3 is 0 Å². The number of carbonyl (C=O) groups excluding carboxylic acids is 2. The Kier molecular flexibility index (Phi) is 8.14. The van der Waals surface area contributed by atoms with Crippen LogP contribution in [0.25, 0.3) is 0 Å². The monoisotopic (exact) mass is 557 g/mol. The second-order valence-electron chi connectivity index (χ2n) is 14.0. The first kappa shape index (κ1) is 29.2. The van der Waals surface area contributed by atoms with Gasteiger partial charge in [-0.2, -0.15) is 0 Å². The van der Waals surface area contributed by atoms with Crippen molar-refractivity contribution in [2.45, 2.75) is 90.3 Å². The van der Waals surface area contributed by atoms with Crippen LogP contribution in [0.4, 0.5) is 8.78 Å². The summed E-state index contributed by atoms with van der Waals surface area (Å²) in [5.41, 5.74) is 1.21. The lowest BCUT2D eigenvalue weighted by Crippen LogP contribution is -2.51. The normalized spacial score (nSPS) is 27.7. The smallest absolute Gasteiger partial charge is 0.252 e. The van der Waals surface area contributed by atoms with E-state index >= 15 is 0 Å². The Hall–Kier alpha value is -2.32. The number of likely N-dealkylation sites (tertiary alicyclic amines) is 2. The van der Waals surface area contributed by atoms with E-state index in [9.17, 15) is 18.4 Å². The summed E-state index contributed by atoms with van der Waals surface area (Å²) in [5.74, 6) is -1.94. The summed E-state index contributed by atoms with van der Waals surface area (Å²) < 4.78 is 34.2. The minimum absolute atomic E-state index is 0.00330. The SMILES string of the molecule is CC1(C)CCC(N(C(=O)C2=CCOC2)[C@H]2CCN(C(=O)[C@@H]3CN(C(C)(C)C)C[C@H]3c3ccc(F)cc3F)C2)CC1. The predicted molar refractivity (Wildman–Crippen MR) is 151 cm³/mol. The molecule has 2 amide bonds. The molecule has 3 fully saturated rings. The van der Waals surface area contributed by atoms with Crippen LogP contribution in [-0.2, 0) is 14.3 Å². The molecular weight excluding hydrogens is 512 g/mol. The van der Waals surface area contributed by atoms with Crippen molar-refractivity contribution in [2.75, 3.05) is 39.4 Å². The fraction of sp³-hybridized carbons (Fsp3) is 0.688. The van der Waals surface area contributed by atoms with Gasteiger partial charge in [0.25, 0.3) is 5.91 Å². The standard InChI is InChI=1S/C32H45F2N3O3/c1-31(2,3)36-18-26(25-7-6-22(33)16-28(25)34)27(19-36)30(39)35-14-10-24(17-35)37(29(38)21-11-15-40-20-21)23-8-12-32(4,5)13-9-23/h6-7,11,16,23-24,26-27H,8-10,12-15,17-20H2,1-5H3/t24-,26-,27+/m0/s1. The maximum Gasteiger partial charge on any atom is 0.252 e. The van der Waals surface area contributed by atoms with E-state index in [0.717, 1.165) is 43.7 Å². The predicted octanol–water partition coefficient (Wildman–Crippen LogP) is 5.13. The molecule has 4 aliphatic rings. The quantitative estimate of drug-likeness (QED) is 0.504. The van der Waals surface area contributed by atoms with Gasteiger partial charge in [-0.1, -0.05) is 19.9 Å². The zero-order valence-electron chi connectivity index (χ0n) is 24.7. The molecule has 1 aliphatic carbocycles. The molecule has 0 aromatic heterocycles. The molecule has 3 heterocycles. The fourth-order valence-corrected chi connectivity index (χ4v) is 7.12. The zero-order valence-corrected chi connectivity index (χ0v) is 24.7. The average Bonchev–Trinajstić information content (AvgIpc) is 3.65. The van der Waals surface area contributed by atoms with Gasteiger partial charge in [-0.3, -0.25) is 14.5 Å². The molecule has 0 N–H and O–H groups in total. The maximum absolute atomic E-state index is 15.0. The molecule has 220 valence electrons. The Balaban J connectivity index is 1.36. The molecule has 3 aliphatic heterocycles. The van der Waals surface area contributed by atoms with Gasteiger partial charge in [-0.15, -0.1) is 0 Å². The third-order valence-corrected chi connectivity index (χ3v) is 9.73. The van der Waals surface area contributed by atoms with E-state index in [2.05, 4.69) is 44.4 Å². The fourth-order valence-electron chi connectivity index (χ4n) is 7.12. The van der Waals surface area contributed by atoms with E-state index in [1.54, 1.807) is 0 Å². The summed E-state index contributed by atoms with van der Waals surface area (Å²) in [4.78, 5) is 34.1. The molecule has 1 saturated carbocycles. The van der Waals surface area contributed by atoms with E-state index < -0.39 is 17.6 Å². The third-order valence-electron chi connectivity index (χ3n) is 9.73. The Morgan fingerprint density at radius 3 is 2.38 bits per heavy atom. The van der Waals surface area contributed by atoms with Crippen LogP contribution >= 0.6 is 0 Å². The number of nitrogens with zero attached hydrogens (tertiary/aromatic N) is 3. The lowest BCUT2D eigenvalue weighted by molar-refractivity contribution is -0.137. The van der Waals surface area contributed by atoms with Gasteiger partial charge in [0.1, 0.15) is 11.6 Å². The second kappa shape index (κ2) is 11.2. The highest BCUT2D eigenvalue weighted by atomic mass is 19.1. The summed E-state index contributed by atoms with van der Waals surface area (Å²) in [6.45, 7) is 13.8. The molecule has 1 aromatic carbocycles. The molecule has 0 spiro atoms. The summed E-state index contributed by atoms with van der Waals surface area (Å²) in [6.07, 6.45) is 6.70. The van der Waals surface area contributed by atoms with Gasteiger partial charge in [0.2, 0.25) is 5.91 Å².